The highest BCUT2D eigenvalue weighted by atomic mass is 32.2. The number of carbonyl (C=O) groups excluding carboxylic acids is 1. The second-order valence-electron chi connectivity index (χ2n) is 7.32. The van der Waals surface area contributed by atoms with E-state index in [1.807, 2.05) is 30.3 Å². The summed E-state index contributed by atoms with van der Waals surface area (Å²) in [6.45, 7) is 0.608. The number of ether oxygens (including phenoxy) is 1. The number of esters is 1. The Kier molecular flexibility index (Phi) is 6.83. The molecule has 10 heteroatoms. The Labute approximate surface area is 189 Å². The molecule has 0 spiro atoms. The van der Waals surface area contributed by atoms with Crippen LogP contribution in [-0.4, -0.2) is 36.8 Å². The van der Waals surface area contributed by atoms with Crippen molar-refractivity contribution in [2.75, 3.05) is 18.4 Å². The van der Waals surface area contributed by atoms with E-state index in [9.17, 15) is 17.6 Å². The van der Waals surface area contributed by atoms with Crippen molar-refractivity contribution >= 4 is 38.1 Å². The number of sulfonamides is 1. The van der Waals surface area contributed by atoms with Gasteiger partial charge in [0.15, 0.2) is 5.13 Å². The molecule has 0 bridgehead atoms. The summed E-state index contributed by atoms with van der Waals surface area (Å²) < 4.78 is 46.6. The van der Waals surface area contributed by atoms with E-state index < -0.39 is 26.7 Å². The lowest BCUT2D eigenvalue weighted by atomic mass is 10.2. The third kappa shape index (κ3) is 5.14. The average molecular weight is 476 g/mol. The van der Waals surface area contributed by atoms with Crippen molar-refractivity contribution in [3.63, 3.8) is 0 Å². The lowest BCUT2D eigenvalue weighted by Crippen LogP contribution is -2.36. The molecular weight excluding hydrogens is 453 g/mol. The van der Waals surface area contributed by atoms with Crippen molar-refractivity contribution in [1.29, 1.82) is 0 Å². The van der Waals surface area contributed by atoms with Crippen molar-refractivity contribution in [2.45, 2.75) is 30.8 Å². The van der Waals surface area contributed by atoms with Crippen LogP contribution in [0.15, 0.2) is 58.8 Å². The zero-order valence-corrected chi connectivity index (χ0v) is 18.8. The van der Waals surface area contributed by atoms with Crippen molar-refractivity contribution < 1.29 is 22.3 Å². The van der Waals surface area contributed by atoms with Crippen LogP contribution in [0.25, 0.3) is 0 Å². The standard InChI is InChI=1S/C22H22FN3O4S2/c23-19-10-9-16(13-20(19)32(28,29)26-11-5-2-6-12-26)21(27)30-14-18-15-31-22(25-18)24-17-7-3-1-4-8-17/h1,3-4,7-10,13,15H,2,5-6,11-12,14H2,(H,24,25). The average Bonchev–Trinajstić information content (AvgIpc) is 3.26. The number of benzene rings is 2. The summed E-state index contributed by atoms with van der Waals surface area (Å²) >= 11 is 1.37. The molecule has 32 heavy (non-hydrogen) atoms. The van der Waals surface area contributed by atoms with Gasteiger partial charge >= 0.3 is 5.97 Å². The van der Waals surface area contributed by atoms with Crippen LogP contribution in [0.2, 0.25) is 0 Å². The Morgan fingerprint density at radius 1 is 1.12 bits per heavy atom. The third-order valence-corrected chi connectivity index (χ3v) is 7.75. The first kappa shape index (κ1) is 22.4. The van der Waals surface area contributed by atoms with E-state index in [0.717, 1.165) is 37.1 Å². The number of halogens is 1. The van der Waals surface area contributed by atoms with Gasteiger partial charge in [0.2, 0.25) is 10.0 Å². The fraction of sp³-hybridized carbons (Fsp3) is 0.273. The normalized spacial score (nSPS) is 14.8. The highest BCUT2D eigenvalue weighted by molar-refractivity contribution is 7.89. The molecule has 2 heterocycles. The van der Waals surface area contributed by atoms with Gasteiger partial charge in [0.1, 0.15) is 17.3 Å². The molecule has 1 aliphatic rings. The minimum Gasteiger partial charge on any atom is -0.456 e. The fourth-order valence-corrected chi connectivity index (χ4v) is 5.69. The summed E-state index contributed by atoms with van der Waals surface area (Å²) in [5, 5.41) is 5.57. The first-order chi connectivity index (χ1) is 15.4. The first-order valence-corrected chi connectivity index (χ1v) is 12.5. The third-order valence-electron chi connectivity index (χ3n) is 5.03. The minimum atomic E-state index is -4.01. The number of para-hydroxylation sites is 1. The van der Waals surface area contributed by atoms with E-state index in [-0.39, 0.29) is 12.2 Å². The van der Waals surface area contributed by atoms with E-state index in [2.05, 4.69) is 10.3 Å². The highest BCUT2D eigenvalue weighted by Crippen LogP contribution is 2.25. The van der Waals surface area contributed by atoms with Crippen molar-refractivity contribution in [3.8, 4) is 0 Å². The second kappa shape index (κ2) is 9.76. The summed E-state index contributed by atoms with van der Waals surface area (Å²) in [4.78, 5) is 16.4. The van der Waals surface area contributed by atoms with E-state index in [1.54, 1.807) is 5.38 Å². The van der Waals surface area contributed by atoms with E-state index in [0.29, 0.717) is 23.9 Å². The number of piperidine rings is 1. The van der Waals surface area contributed by atoms with Crippen molar-refractivity contribution in [2.24, 2.45) is 0 Å². The fourth-order valence-electron chi connectivity index (χ4n) is 3.37. The van der Waals surface area contributed by atoms with E-state index in [4.69, 9.17) is 4.74 Å². The van der Waals surface area contributed by atoms with Crippen LogP contribution < -0.4 is 5.32 Å². The number of anilines is 2. The zero-order chi connectivity index (χ0) is 22.6. The molecule has 0 saturated carbocycles. The lowest BCUT2D eigenvalue weighted by molar-refractivity contribution is 0.0468. The molecule has 3 aromatic rings. The quantitative estimate of drug-likeness (QED) is 0.504. The largest absolute Gasteiger partial charge is 0.456 e. The van der Waals surface area contributed by atoms with Gasteiger partial charge in [0.25, 0.3) is 0 Å². The summed E-state index contributed by atoms with van der Waals surface area (Å²) in [5.74, 6) is -1.63. The van der Waals surface area contributed by atoms with Gasteiger partial charge < -0.3 is 10.1 Å². The molecule has 0 atom stereocenters. The summed E-state index contributed by atoms with van der Waals surface area (Å²) in [6.07, 6.45) is 2.41. The van der Waals surface area contributed by atoms with Crippen molar-refractivity contribution in [3.05, 3.63) is 71.0 Å². The van der Waals surface area contributed by atoms with Crippen LogP contribution in [-0.2, 0) is 21.4 Å². The molecule has 0 amide bonds. The predicted molar refractivity (Wildman–Crippen MR) is 120 cm³/mol. The Hall–Kier alpha value is -2.82. The first-order valence-electron chi connectivity index (χ1n) is 10.2. The molecule has 1 saturated heterocycles. The van der Waals surface area contributed by atoms with Gasteiger partial charge in [0.05, 0.1) is 11.3 Å². The SMILES string of the molecule is O=C(OCc1csc(Nc2ccccc2)n1)c1ccc(F)c(S(=O)(=O)N2CCCCC2)c1. The number of hydrogen-bond donors (Lipinski definition) is 1. The Morgan fingerprint density at radius 3 is 2.62 bits per heavy atom. The number of hydrogen-bond acceptors (Lipinski definition) is 7. The van der Waals surface area contributed by atoms with Crippen LogP contribution in [0.5, 0.6) is 0 Å². The van der Waals surface area contributed by atoms with Gasteiger partial charge in [-0.3, -0.25) is 0 Å². The van der Waals surface area contributed by atoms with Gasteiger partial charge in [-0.2, -0.15) is 4.31 Å². The zero-order valence-electron chi connectivity index (χ0n) is 17.2. The molecule has 1 aromatic heterocycles. The second-order valence-corrected chi connectivity index (χ2v) is 10.1. The molecule has 168 valence electrons. The molecule has 4 rings (SSSR count). The number of aromatic nitrogens is 1. The minimum absolute atomic E-state index is 0.0279. The molecule has 0 radical (unpaired) electrons. The van der Waals surface area contributed by atoms with Crippen LogP contribution in [0, 0.1) is 5.82 Å². The van der Waals surface area contributed by atoms with Gasteiger partial charge in [-0.1, -0.05) is 24.6 Å². The number of nitrogens with zero attached hydrogens (tertiary/aromatic N) is 2. The maximum absolute atomic E-state index is 14.3. The summed E-state index contributed by atoms with van der Waals surface area (Å²) in [5.41, 5.74) is 1.41. The van der Waals surface area contributed by atoms with Gasteiger partial charge in [-0.15, -0.1) is 11.3 Å². The monoisotopic (exact) mass is 475 g/mol. The van der Waals surface area contributed by atoms with Crippen LogP contribution in [0.3, 0.4) is 0 Å². The maximum atomic E-state index is 14.3. The van der Waals surface area contributed by atoms with Gasteiger partial charge in [-0.05, 0) is 43.2 Å². The summed E-state index contributed by atoms with van der Waals surface area (Å²) in [7, 11) is -4.01. The Balaban J connectivity index is 1.42. The Morgan fingerprint density at radius 2 is 1.88 bits per heavy atom. The number of carbonyl (C=O) groups is 1. The van der Waals surface area contributed by atoms with E-state index in [1.165, 1.54) is 21.7 Å². The molecule has 0 unspecified atom stereocenters. The molecule has 1 fully saturated rings. The smallest absolute Gasteiger partial charge is 0.338 e. The molecular formula is C22H22FN3O4S2. The summed E-state index contributed by atoms with van der Waals surface area (Å²) in [6, 6.07) is 12.8. The van der Waals surface area contributed by atoms with Gasteiger partial charge in [-0.25, -0.2) is 22.6 Å². The number of rotatable bonds is 7. The molecule has 1 N–H and O–H groups in total. The Bertz CT molecular complexity index is 1190. The van der Waals surface area contributed by atoms with Crippen LogP contribution >= 0.6 is 11.3 Å². The van der Waals surface area contributed by atoms with Gasteiger partial charge in [0, 0.05) is 24.2 Å². The van der Waals surface area contributed by atoms with Crippen LogP contribution in [0.1, 0.15) is 35.3 Å². The highest BCUT2D eigenvalue weighted by Gasteiger charge is 2.29. The predicted octanol–water partition coefficient (Wildman–Crippen LogP) is 4.56. The van der Waals surface area contributed by atoms with Crippen LogP contribution in [0.4, 0.5) is 15.2 Å². The number of thiazole rings is 1. The molecule has 2 aromatic carbocycles. The molecule has 1 aliphatic heterocycles. The molecule has 0 aliphatic carbocycles. The molecule has 7 nitrogen and oxygen atoms in total. The number of nitrogens with one attached hydrogen (secondary N) is 1. The van der Waals surface area contributed by atoms with E-state index >= 15 is 0 Å². The lowest BCUT2D eigenvalue weighted by Gasteiger charge is -2.26. The maximum Gasteiger partial charge on any atom is 0.338 e. The topological polar surface area (TPSA) is 88.6 Å². The van der Waals surface area contributed by atoms with Crippen molar-refractivity contribution in [1.82, 2.24) is 9.29 Å².